The monoisotopic (exact) mass is 161 g/mol. The Morgan fingerprint density at radius 2 is 2.10 bits per heavy atom. The summed E-state index contributed by atoms with van der Waals surface area (Å²) < 4.78 is 11.4. The second kappa shape index (κ2) is 3.01. The SMILES string of the molecule is CC1(C)CCNCC[S@]1=O. The number of hydrogen-bond donors (Lipinski definition) is 1. The van der Waals surface area contributed by atoms with Crippen molar-refractivity contribution >= 4 is 10.8 Å². The molecule has 0 amide bonds. The van der Waals surface area contributed by atoms with E-state index in [1.54, 1.807) is 0 Å². The third kappa shape index (κ3) is 1.80. The fraction of sp³-hybridized carbons (Fsp3) is 1.00. The van der Waals surface area contributed by atoms with Crippen molar-refractivity contribution in [3.05, 3.63) is 0 Å². The maximum absolute atomic E-state index is 11.4. The van der Waals surface area contributed by atoms with Crippen molar-refractivity contribution in [3.63, 3.8) is 0 Å². The van der Waals surface area contributed by atoms with Crippen LogP contribution in [0.5, 0.6) is 0 Å². The molecule has 0 bridgehead atoms. The van der Waals surface area contributed by atoms with Gasteiger partial charge in [0.05, 0.1) is 0 Å². The van der Waals surface area contributed by atoms with Crippen molar-refractivity contribution in [1.82, 2.24) is 5.32 Å². The lowest BCUT2D eigenvalue weighted by atomic mass is 10.1. The highest BCUT2D eigenvalue weighted by atomic mass is 32.2. The highest BCUT2D eigenvalue weighted by molar-refractivity contribution is 7.86. The second-order valence-corrected chi connectivity index (χ2v) is 5.51. The van der Waals surface area contributed by atoms with Crippen LogP contribution in [0.25, 0.3) is 0 Å². The lowest BCUT2D eigenvalue weighted by Gasteiger charge is -2.19. The summed E-state index contributed by atoms with van der Waals surface area (Å²) in [5.74, 6) is 0.812. The fourth-order valence-corrected chi connectivity index (χ4v) is 2.28. The maximum Gasteiger partial charge on any atom is 0.0415 e. The Morgan fingerprint density at radius 1 is 1.40 bits per heavy atom. The number of rotatable bonds is 0. The summed E-state index contributed by atoms with van der Waals surface area (Å²) in [6, 6.07) is 0. The summed E-state index contributed by atoms with van der Waals surface area (Å²) in [4.78, 5) is 0. The molecule has 1 N–H and O–H groups in total. The van der Waals surface area contributed by atoms with Gasteiger partial charge in [0.1, 0.15) is 0 Å². The minimum absolute atomic E-state index is 0.0312. The van der Waals surface area contributed by atoms with Crippen LogP contribution in [0.2, 0.25) is 0 Å². The molecule has 1 fully saturated rings. The van der Waals surface area contributed by atoms with E-state index in [1.807, 2.05) is 0 Å². The molecule has 1 aliphatic heterocycles. The molecule has 10 heavy (non-hydrogen) atoms. The molecule has 1 heterocycles. The molecule has 3 heteroatoms. The minimum Gasteiger partial charge on any atom is -0.316 e. The predicted molar refractivity (Wildman–Crippen MR) is 44.6 cm³/mol. The van der Waals surface area contributed by atoms with Crippen molar-refractivity contribution in [2.45, 2.75) is 25.0 Å². The summed E-state index contributed by atoms with van der Waals surface area (Å²) >= 11 is 0. The van der Waals surface area contributed by atoms with Crippen molar-refractivity contribution in [2.24, 2.45) is 0 Å². The fourth-order valence-electron chi connectivity index (χ4n) is 1.07. The summed E-state index contributed by atoms with van der Waals surface area (Å²) in [5.41, 5.74) is 0. The van der Waals surface area contributed by atoms with Gasteiger partial charge in [0.25, 0.3) is 0 Å². The van der Waals surface area contributed by atoms with E-state index in [9.17, 15) is 4.21 Å². The molecule has 0 aliphatic carbocycles. The number of hydrogen-bond acceptors (Lipinski definition) is 2. The highest BCUT2D eigenvalue weighted by Gasteiger charge is 2.26. The van der Waals surface area contributed by atoms with Gasteiger partial charge in [-0.1, -0.05) is 0 Å². The Bertz CT molecular complexity index is 145. The van der Waals surface area contributed by atoms with Gasteiger partial charge in [-0.05, 0) is 26.8 Å². The summed E-state index contributed by atoms with van der Waals surface area (Å²) in [7, 11) is -0.630. The van der Waals surface area contributed by atoms with Gasteiger partial charge in [0.2, 0.25) is 0 Å². The molecular formula is C7H15NOS. The Morgan fingerprint density at radius 3 is 2.80 bits per heavy atom. The van der Waals surface area contributed by atoms with Gasteiger partial charge in [-0.25, -0.2) is 0 Å². The van der Waals surface area contributed by atoms with Crippen LogP contribution >= 0.6 is 0 Å². The van der Waals surface area contributed by atoms with Crippen molar-refractivity contribution in [2.75, 3.05) is 18.8 Å². The van der Waals surface area contributed by atoms with Crippen LogP contribution in [0.15, 0.2) is 0 Å². The van der Waals surface area contributed by atoms with E-state index in [2.05, 4.69) is 19.2 Å². The van der Waals surface area contributed by atoms with Crippen molar-refractivity contribution in [1.29, 1.82) is 0 Å². The first-order valence-corrected chi connectivity index (χ1v) is 5.04. The van der Waals surface area contributed by atoms with Crippen molar-refractivity contribution < 1.29 is 4.21 Å². The zero-order valence-electron chi connectivity index (χ0n) is 6.64. The summed E-state index contributed by atoms with van der Waals surface area (Å²) in [6.45, 7) is 6.08. The average Bonchev–Trinajstić information content (AvgIpc) is 1.96. The zero-order chi connectivity index (χ0) is 7.61. The van der Waals surface area contributed by atoms with E-state index in [-0.39, 0.29) is 4.75 Å². The van der Waals surface area contributed by atoms with E-state index in [1.165, 1.54) is 0 Å². The highest BCUT2D eigenvalue weighted by Crippen LogP contribution is 2.18. The van der Waals surface area contributed by atoms with Crippen LogP contribution in [-0.4, -0.2) is 27.8 Å². The normalized spacial score (nSPS) is 33.2. The van der Waals surface area contributed by atoms with Gasteiger partial charge in [-0.15, -0.1) is 0 Å². The van der Waals surface area contributed by atoms with Crippen LogP contribution in [0, 0.1) is 0 Å². The Labute approximate surface area is 64.8 Å². The standard InChI is InChI=1S/C7H15NOS/c1-7(2)3-4-8-5-6-10(7)9/h8H,3-6H2,1-2H3/t10-/m1/s1. The van der Waals surface area contributed by atoms with E-state index < -0.39 is 10.8 Å². The van der Waals surface area contributed by atoms with Crippen LogP contribution in [0.1, 0.15) is 20.3 Å². The molecule has 1 rings (SSSR count). The molecule has 1 atom stereocenters. The van der Waals surface area contributed by atoms with Gasteiger partial charge < -0.3 is 5.32 Å². The molecule has 60 valence electrons. The van der Waals surface area contributed by atoms with E-state index >= 15 is 0 Å². The first kappa shape index (κ1) is 8.21. The van der Waals surface area contributed by atoms with E-state index in [0.29, 0.717) is 0 Å². The molecule has 0 aromatic heterocycles. The third-order valence-corrected chi connectivity index (χ3v) is 4.00. The quantitative estimate of drug-likeness (QED) is 0.561. The summed E-state index contributed by atoms with van der Waals surface area (Å²) in [5, 5.41) is 3.24. The summed E-state index contributed by atoms with van der Waals surface area (Å²) in [6.07, 6.45) is 1.03. The second-order valence-electron chi connectivity index (χ2n) is 3.31. The minimum atomic E-state index is -0.630. The molecule has 0 radical (unpaired) electrons. The number of nitrogens with one attached hydrogen (secondary N) is 1. The predicted octanol–water partition coefficient (Wildman–Crippen LogP) is 0.507. The topological polar surface area (TPSA) is 29.1 Å². The lowest BCUT2D eigenvalue weighted by molar-refractivity contribution is 0.582. The molecule has 2 nitrogen and oxygen atoms in total. The van der Waals surface area contributed by atoms with Crippen LogP contribution in [-0.2, 0) is 10.8 Å². The molecule has 0 aromatic carbocycles. The van der Waals surface area contributed by atoms with Gasteiger partial charge in [0, 0.05) is 27.8 Å². The molecule has 0 unspecified atom stereocenters. The maximum atomic E-state index is 11.4. The Balaban J connectivity index is 2.61. The zero-order valence-corrected chi connectivity index (χ0v) is 7.46. The first-order valence-electron chi connectivity index (χ1n) is 3.72. The third-order valence-electron chi connectivity index (χ3n) is 1.98. The first-order chi connectivity index (χ1) is 4.63. The van der Waals surface area contributed by atoms with Gasteiger partial charge in [-0.2, -0.15) is 0 Å². The van der Waals surface area contributed by atoms with Gasteiger partial charge >= 0.3 is 0 Å². The molecular weight excluding hydrogens is 146 g/mol. The Kier molecular flexibility index (Phi) is 2.47. The molecule has 0 spiro atoms. The lowest BCUT2D eigenvalue weighted by Crippen LogP contribution is -2.27. The molecule has 1 saturated heterocycles. The van der Waals surface area contributed by atoms with E-state index in [4.69, 9.17) is 0 Å². The van der Waals surface area contributed by atoms with Crippen LogP contribution < -0.4 is 5.32 Å². The van der Waals surface area contributed by atoms with Crippen molar-refractivity contribution in [3.8, 4) is 0 Å². The molecule has 1 aliphatic rings. The van der Waals surface area contributed by atoms with Gasteiger partial charge in [-0.3, -0.25) is 4.21 Å². The molecule has 0 aromatic rings. The van der Waals surface area contributed by atoms with Crippen LogP contribution in [0.4, 0.5) is 0 Å². The molecule has 0 saturated carbocycles. The van der Waals surface area contributed by atoms with Gasteiger partial charge in [0.15, 0.2) is 0 Å². The average molecular weight is 161 g/mol. The largest absolute Gasteiger partial charge is 0.316 e. The Hall–Kier alpha value is 0.110. The van der Waals surface area contributed by atoms with E-state index in [0.717, 1.165) is 25.3 Å². The van der Waals surface area contributed by atoms with Crippen LogP contribution in [0.3, 0.4) is 0 Å². The smallest absolute Gasteiger partial charge is 0.0415 e.